The van der Waals surface area contributed by atoms with Gasteiger partial charge in [0.2, 0.25) is 0 Å². The Morgan fingerprint density at radius 1 is 1.17 bits per heavy atom. The molecule has 0 amide bonds. The van der Waals surface area contributed by atoms with Gasteiger partial charge in [-0.1, -0.05) is 43.0 Å². The fourth-order valence-corrected chi connectivity index (χ4v) is 10.2. The van der Waals surface area contributed by atoms with E-state index in [1.807, 2.05) is 55.6 Å². The molecule has 0 aliphatic heterocycles. The van der Waals surface area contributed by atoms with Crippen LogP contribution in [0, 0.1) is 22.7 Å². The molecule has 2 aromatic rings. The van der Waals surface area contributed by atoms with E-state index in [4.69, 9.17) is 7.80 Å². The number of fused-ring (bicyclic) bond motifs is 5. The van der Waals surface area contributed by atoms with E-state index in [0.29, 0.717) is 12.0 Å². The highest BCUT2D eigenvalue weighted by Gasteiger charge is 2.76. The van der Waals surface area contributed by atoms with Gasteiger partial charge in [0.15, 0.2) is 23.5 Å². The van der Waals surface area contributed by atoms with Gasteiger partial charge in [-0.2, -0.15) is 0 Å². The Balaban J connectivity index is 1.31. The predicted molar refractivity (Wildman–Crippen MR) is 179 cm³/mol. The zero-order valence-corrected chi connectivity index (χ0v) is 28.8. The van der Waals surface area contributed by atoms with Crippen LogP contribution in [0.3, 0.4) is 0 Å². The Labute approximate surface area is 285 Å². The first-order chi connectivity index (χ1) is 21.9. The fraction of sp³-hybridized carbons (Fsp3) is 0.486. The second kappa shape index (κ2) is 12.4. The summed E-state index contributed by atoms with van der Waals surface area (Å²) in [5, 5.41) is 25.1. The summed E-state index contributed by atoms with van der Waals surface area (Å²) >= 11 is 3.31. The van der Waals surface area contributed by atoms with Gasteiger partial charge < -0.3 is 20.3 Å². The molecule has 7 nitrogen and oxygen atoms in total. The van der Waals surface area contributed by atoms with Crippen molar-refractivity contribution in [3.8, 4) is 0 Å². The van der Waals surface area contributed by atoms with Crippen molar-refractivity contribution in [2.75, 3.05) is 19.0 Å². The van der Waals surface area contributed by atoms with E-state index < -0.39 is 70.7 Å². The molecule has 3 saturated carbocycles. The van der Waals surface area contributed by atoms with Crippen molar-refractivity contribution < 1.29 is 36.4 Å². The molecular weight excluding hydrogens is 727 g/mol. The Morgan fingerprint density at radius 3 is 2.59 bits per heavy atom. The Bertz CT molecular complexity index is 1590. The van der Waals surface area contributed by atoms with E-state index in [1.54, 1.807) is 48.6 Å². The van der Waals surface area contributed by atoms with Crippen LogP contribution in [0.15, 0.2) is 82.1 Å². The van der Waals surface area contributed by atoms with Crippen LogP contribution in [0.25, 0.3) is 0 Å². The molecule has 4 aliphatic rings. The van der Waals surface area contributed by atoms with E-state index >= 15 is 8.78 Å². The minimum Gasteiger partial charge on any atom is -0.390 e. The summed E-state index contributed by atoms with van der Waals surface area (Å²) in [6.07, 6.45) is -0.339. The maximum atomic E-state index is 17.6. The van der Waals surface area contributed by atoms with Crippen LogP contribution in [0.4, 0.5) is 14.5 Å². The Hall–Kier alpha value is -2.16. The number of ketones is 2. The number of hydrogen-bond acceptors (Lipinski definition) is 8. The molecule has 0 aromatic heterocycles. The predicted octanol–water partition coefficient (Wildman–Crippen LogP) is 6.88. The molecule has 246 valence electrons. The lowest BCUT2D eigenvalue weighted by molar-refractivity contribution is -0.251. The first kappa shape index (κ1) is 33.7. The number of carbonyl (C=O) groups is 2. The summed E-state index contributed by atoms with van der Waals surface area (Å²) in [4.78, 5) is 28.0. The second-order valence-electron chi connectivity index (χ2n) is 13.3. The van der Waals surface area contributed by atoms with Gasteiger partial charge in [0.25, 0.3) is 0 Å². The van der Waals surface area contributed by atoms with Crippen LogP contribution >= 0.6 is 34.8 Å². The van der Waals surface area contributed by atoms with Crippen molar-refractivity contribution in [2.24, 2.45) is 22.7 Å². The normalized spacial score (nSPS) is 37.1. The van der Waals surface area contributed by atoms with E-state index in [2.05, 4.69) is 5.32 Å². The van der Waals surface area contributed by atoms with Crippen molar-refractivity contribution >= 4 is 52.0 Å². The van der Waals surface area contributed by atoms with Crippen LogP contribution in [-0.2, 0) is 17.4 Å². The number of aliphatic hydroxyl groups is 2. The van der Waals surface area contributed by atoms with Gasteiger partial charge in [-0.25, -0.2) is 8.78 Å². The number of aliphatic hydroxyl groups excluding tert-OH is 2. The topological polar surface area (TPSA) is 105 Å². The average Bonchev–Trinajstić information content (AvgIpc) is 3.34. The summed E-state index contributed by atoms with van der Waals surface area (Å²) < 4.78 is 45.8. The van der Waals surface area contributed by atoms with Gasteiger partial charge in [-0.15, -0.1) is 0 Å². The summed E-state index contributed by atoms with van der Waals surface area (Å²) in [7, 11) is 1.86. The summed E-state index contributed by atoms with van der Waals surface area (Å²) in [6.45, 7) is 2.51. The number of ether oxygens (including phenoxy) is 1. The number of carbonyl (C=O) groups excluding carboxylic acids is 2. The highest BCUT2D eigenvalue weighted by molar-refractivity contribution is 14.1. The van der Waals surface area contributed by atoms with Crippen molar-refractivity contribution in [1.29, 1.82) is 0 Å². The van der Waals surface area contributed by atoms with E-state index in [1.165, 1.54) is 12.2 Å². The fourth-order valence-electron chi connectivity index (χ4n) is 8.90. The van der Waals surface area contributed by atoms with E-state index in [9.17, 15) is 19.8 Å². The molecule has 3 N–H and O–H groups in total. The Kier molecular flexibility index (Phi) is 9.08. The van der Waals surface area contributed by atoms with Gasteiger partial charge in [-0.3, -0.25) is 12.7 Å². The third-order valence-corrected chi connectivity index (χ3v) is 12.7. The van der Waals surface area contributed by atoms with Crippen LogP contribution in [0.2, 0.25) is 0 Å². The molecule has 4 aliphatic carbocycles. The smallest absolute Gasteiger partial charge is 0.196 e. The molecule has 2 aromatic carbocycles. The molecule has 0 radical (unpaired) electrons. The maximum Gasteiger partial charge on any atom is 0.196 e. The third-order valence-electron chi connectivity index (χ3n) is 11.2. The highest BCUT2D eigenvalue weighted by Crippen LogP contribution is 2.71. The molecule has 46 heavy (non-hydrogen) atoms. The minimum absolute atomic E-state index is 0.0445. The zero-order valence-electron chi connectivity index (χ0n) is 25.8. The monoisotopic (exact) mass is 765 g/mol. The number of hydrogen-bond donors (Lipinski definition) is 3. The van der Waals surface area contributed by atoms with Crippen LogP contribution < -0.4 is 5.32 Å². The van der Waals surface area contributed by atoms with Crippen LogP contribution in [0.5, 0.6) is 0 Å². The van der Waals surface area contributed by atoms with E-state index in [-0.39, 0.29) is 24.8 Å². The number of allylic oxidation sites excluding steroid dienone is 4. The summed E-state index contributed by atoms with van der Waals surface area (Å²) in [5.41, 5.74) is -4.91. The summed E-state index contributed by atoms with van der Waals surface area (Å²) in [6, 6.07) is 15.6. The number of halogens is 3. The molecule has 0 heterocycles. The maximum absolute atomic E-state index is 17.6. The minimum atomic E-state index is -2.28. The molecular formula is C35H38F2INO6S. The number of benzene rings is 2. The van der Waals surface area contributed by atoms with Crippen LogP contribution in [-0.4, -0.2) is 59.0 Å². The van der Waals surface area contributed by atoms with Gasteiger partial charge in [-0.05, 0) is 86.6 Å². The lowest BCUT2D eigenvalue weighted by Gasteiger charge is -2.63. The van der Waals surface area contributed by atoms with Crippen molar-refractivity contribution in [1.82, 2.24) is 0 Å². The number of Topliss-reactive ketones (excluding diaryl/α,β-unsaturated/α-hetero) is 1. The van der Waals surface area contributed by atoms with Gasteiger partial charge in [0, 0.05) is 44.8 Å². The van der Waals surface area contributed by atoms with E-state index in [0.717, 1.165) is 21.6 Å². The molecule has 6 rings (SSSR count). The Morgan fingerprint density at radius 2 is 1.91 bits per heavy atom. The lowest BCUT2D eigenvalue weighted by Crippen LogP contribution is -2.70. The SMILES string of the molecule is CNc1cccc(Sc2ccc([C@H](OI)O[C@]3(C(=O)CO)CCC4[C@@H]5C[C@H](F)C6=CC(=O)C=C[C@]6(C)[C@@]5(F)[C@@H](O)C[C@@]43C)cc2)c1. The molecule has 0 spiro atoms. The molecule has 11 heteroatoms. The van der Waals surface area contributed by atoms with Gasteiger partial charge in [0.05, 0.1) is 6.10 Å². The standard InChI is InChI=1S/C35H38F2INO6S/c1-32-13-11-22(41)16-27(32)28(36)17-26-25-12-14-34(30(43)19-40,33(25,2)18-29(42)35(26,32)37)44-31(45-38)20-7-9-23(10-8-20)46-24-6-4-5-21(15-24)39-3/h4-11,13,15-16,25-26,28-29,31,39-40,42H,12,14,17-19H2,1-3H3/t25?,26-,28-,29-,31-,32-,33-,34-,35-/m0/s1. The highest BCUT2D eigenvalue weighted by atomic mass is 127. The second-order valence-corrected chi connectivity index (χ2v) is 14.9. The first-order valence-corrected chi connectivity index (χ1v) is 17.2. The lowest BCUT2D eigenvalue weighted by atomic mass is 9.44. The van der Waals surface area contributed by atoms with Crippen molar-refractivity contribution in [2.45, 2.75) is 79.2 Å². The largest absolute Gasteiger partial charge is 0.390 e. The average molecular weight is 766 g/mol. The third kappa shape index (κ3) is 5.03. The number of rotatable bonds is 9. The quantitative estimate of drug-likeness (QED) is 0.188. The number of alkyl halides is 2. The molecule has 1 unspecified atom stereocenters. The molecule has 9 atom stereocenters. The van der Waals surface area contributed by atoms with Crippen molar-refractivity contribution in [3.05, 3.63) is 77.9 Å². The molecule has 3 fully saturated rings. The van der Waals surface area contributed by atoms with Gasteiger partial charge in [0.1, 0.15) is 41.4 Å². The van der Waals surface area contributed by atoms with Gasteiger partial charge >= 0.3 is 0 Å². The number of nitrogens with one attached hydrogen (secondary N) is 1. The van der Waals surface area contributed by atoms with Crippen LogP contribution in [0.1, 0.15) is 51.4 Å². The molecule has 0 bridgehead atoms. The number of anilines is 1. The molecule has 0 saturated heterocycles. The summed E-state index contributed by atoms with van der Waals surface area (Å²) in [5.74, 6) is -2.52. The zero-order chi connectivity index (χ0) is 33.1. The first-order valence-electron chi connectivity index (χ1n) is 15.5. The van der Waals surface area contributed by atoms with Crippen molar-refractivity contribution in [3.63, 3.8) is 0 Å².